The van der Waals surface area contributed by atoms with Gasteiger partial charge in [-0.2, -0.15) is 0 Å². The van der Waals surface area contributed by atoms with Gasteiger partial charge in [0.1, 0.15) is 0 Å². The van der Waals surface area contributed by atoms with E-state index in [1.165, 1.54) is 77.0 Å². The summed E-state index contributed by atoms with van der Waals surface area (Å²) in [7, 11) is 0. The molecule has 0 amide bonds. The average Bonchev–Trinajstić information content (AvgIpc) is 2.39. The largest absolute Gasteiger partial charge is 0.393 e. The van der Waals surface area contributed by atoms with E-state index in [0.29, 0.717) is 0 Å². The third kappa shape index (κ3) is 17.7. The van der Waals surface area contributed by atoms with Gasteiger partial charge < -0.3 is 5.11 Å². The van der Waals surface area contributed by atoms with Gasteiger partial charge in [-0.3, -0.25) is 0 Å². The van der Waals surface area contributed by atoms with Crippen LogP contribution in [-0.2, 0) is 0 Å². The topological polar surface area (TPSA) is 20.2 Å². The molecule has 0 saturated carbocycles. The van der Waals surface area contributed by atoms with Crippen LogP contribution in [0.25, 0.3) is 0 Å². The maximum absolute atomic E-state index is 9.13. The molecule has 0 aromatic carbocycles. The van der Waals surface area contributed by atoms with Crippen molar-refractivity contribution in [3.63, 3.8) is 0 Å². The Kier molecular flexibility index (Phi) is 15.5. The zero-order valence-corrected chi connectivity index (χ0v) is 13.4. The summed E-state index contributed by atoms with van der Waals surface area (Å²) in [4.78, 5) is 0. The SMILES string of the molecule is CCCCCCCCC=CCCCCCCC(C)O. The fraction of sp³-hybridized carbons (Fsp3) is 0.889. The predicted molar refractivity (Wildman–Crippen MR) is 86.5 cm³/mol. The Morgan fingerprint density at radius 3 is 1.74 bits per heavy atom. The van der Waals surface area contributed by atoms with Crippen molar-refractivity contribution in [1.82, 2.24) is 0 Å². The first kappa shape index (κ1) is 18.7. The van der Waals surface area contributed by atoms with Crippen LogP contribution in [0.15, 0.2) is 12.2 Å². The third-order valence-corrected chi connectivity index (χ3v) is 3.63. The van der Waals surface area contributed by atoms with Crippen molar-refractivity contribution in [3.05, 3.63) is 12.2 Å². The first-order valence-electron chi connectivity index (χ1n) is 8.60. The van der Waals surface area contributed by atoms with E-state index in [9.17, 15) is 0 Å². The number of rotatable bonds is 14. The van der Waals surface area contributed by atoms with E-state index >= 15 is 0 Å². The molecule has 0 spiro atoms. The van der Waals surface area contributed by atoms with Crippen LogP contribution in [0.2, 0.25) is 0 Å². The van der Waals surface area contributed by atoms with Crippen LogP contribution in [-0.4, -0.2) is 11.2 Å². The van der Waals surface area contributed by atoms with Crippen LogP contribution in [0.3, 0.4) is 0 Å². The van der Waals surface area contributed by atoms with E-state index < -0.39 is 0 Å². The highest BCUT2D eigenvalue weighted by atomic mass is 16.3. The van der Waals surface area contributed by atoms with Gasteiger partial charge in [-0.15, -0.1) is 0 Å². The van der Waals surface area contributed by atoms with E-state index in [1.54, 1.807) is 0 Å². The Labute approximate surface area is 121 Å². The van der Waals surface area contributed by atoms with Crippen LogP contribution in [0.1, 0.15) is 97.3 Å². The molecule has 0 aliphatic carbocycles. The maximum Gasteiger partial charge on any atom is 0.0512 e. The van der Waals surface area contributed by atoms with Crippen LogP contribution in [0.5, 0.6) is 0 Å². The Balaban J connectivity index is 3.05. The van der Waals surface area contributed by atoms with Gasteiger partial charge in [-0.25, -0.2) is 0 Å². The Morgan fingerprint density at radius 1 is 0.737 bits per heavy atom. The lowest BCUT2D eigenvalue weighted by Gasteiger charge is -2.02. The molecule has 0 aliphatic heterocycles. The van der Waals surface area contributed by atoms with E-state index in [2.05, 4.69) is 19.1 Å². The second-order valence-electron chi connectivity index (χ2n) is 5.87. The lowest BCUT2D eigenvalue weighted by Crippen LogP contribution is -1.98. The molecule has 1 atom stereocenters. The summed E-state index contributed by atoms with van der Waals surface area (Å²) in [6.45, 7) is 4.15. The van der Waals surface area contributed by atoms with Crippen molar-refractivity contribution in [2.45, 2.75) is 103 Å². The van der Waals surface area contributed by atoms with Crippen molar-refractivity contribution < 1.29 is 5.11 Å². The minimum atomic E-state index is -0.114. The number of hydrogen-bond acceptors (Lipinski definition) is 1. The van der Waals surface area contributed by atoms with E-state index in [4.69, 9.17) is 5.11 Å². The minimum absolute atomic E-state index is 0.114. The molecular weight excluding hydrogens is 232 g/mol. The van der Waals surface area contributed by atoms with E-state index in [0.717, 1.165) is 6.42 Å². The Morgan fingerprint density at radius 2 is 1.21 bits per heavy atom. The summed E-state index contributed by atoms with van der Waals surface area (Å²) in [5.41, 5.74) is 0. The fourth-order valence-corrected chi connectivity index (χ4v) is 2.33. The summed E-state index contributed by atoms with van der Waals surface area (Å²) in [6, 6.07) is 0. The molecular formula is C18H36O. The first-order chi connectivity index (χ1) is 9.27. The van der Waals surface area contributed by atoms with Gasteiger partial charge in [-0.05, 0) is 39.0 Å². The summed E-state index contributed by atoms with van der Waals surface area (Å²) in [5, 5.41) is 9.13. The van der Waals surface area contributed by atoms with Crippen molar-refractivity contribution in [2.75, 3.05) is 0 Å². The lowest BCUT2D eigenvalue weighted by atomic mass is 10.1. The van der Waals surface area contributed by atoms with Gasteiger partial charge >= 0.3 is 0 Å². The molecule has 0 aromatic rings. The molecule has 0 aromatic heterocycles. The molecule has 1 unspecified atom stereocenters. The van der Waals surface area contributed by atoms with Crippen molar-refractivity contribution in [1.29, 1.82) is 0 Å². The van der Waals surface area contributed by atoms with Crippen LogP contribution < -0.4 is 0 Å². The maximum atomic E-state index is 9.13. The zero-order chi connectivity index (χ0) is 14.2. The summed E-state index contributed by atoms with van der Waals surface area (Å²) in [6.07, 6.45) is 21.6. The molecule has 1 nitrogen and oxygen atoms in total. The van der Waals surface area contributed by atoms with Crippen molar-refractivity contribution >= 4 is 0 Å². The molecule has 0 aliphatic rings. The molecule has 1 N–H and O–H groups in total. The minimum Gasteiger partial charge on any atom is -0.393 e. The number of aliphatic hydroxyl groups excluding tert-OH is 1. The number of hydrogen-bond donors (Lipinski definition) is 1. The number of allylic oxidation sites excluding steroid dienone is 2. The molecule has 19 heavy (non-hydrogen) atoms. The van der Waals surface area contributed by atoms with Gasteiger partial charge in [-0.1, -0.05) is 70.4 Å². The average molecular weight is 268 g/mol. The standard InChI is InChI=1S/C18H36O/c1-3-4-5-6-7-8-9-10-11-12-13-14-15-16-17-18(2)19/h10-11,18-19H,3-9,12-17H2,1-2H3. The summed E-state index contributed by atoms with van der Waals surface area (Å²) in [5.74, 6) is 0. The fourth-order valence-electron chi connectivity index (χ4n) is 2.33. The molecule has 0 fully saturated rings. The second-order valence-corrected chi connectivity index (χ2v) is 5.87. The highest BCUT2D eigenvalue weighted by molar-refractivity contribution is 4.81. The zero-order valence-electron chi connectivity index (χ0n) is 13.4. The normalized spacial score (nSPS) is 13.2. The van der Waals surface area contributed by atoms with Crippen LogP contribution in [0, 0.1) is 0 Å². The Bertz CT molecular complexity index is 184. The van der Waals surface area contributed by atoms with Crippen molar-refractivity contribution in [3.8, 4) is 0 Å². The molecule has 0 rings (SSSR count). The summed E-state index contributed by atoms with van der Waals surface area (Å²) >= 11 is 0. The van der Waals surface area contributed by atoms with Gasteiger partial charge in [0.05, 0.1) is 6.10 Å². The van der Waals surface area contributed by atoms with Gasteiger partial charge in [0.2, 0.25) is 0 Å². The Hall–Kier alpha value is -0.300. The molecule has 0 heterocycles. The lowest BCUT2D eigenvalue weighted by molar-refractivity contribution is 0.180. The van der Waals surface area contributed by atoms with E-state index in [-0.39, 0.29) is 6.10 Å². The molecule has 0 saturated heterocycles. The van der Waals surface area contributed by atoms with Gasteiger partial charge in [0, 0.05) is 0 Å². The van der Waals surface area contributed by atoms with Gasteiger partial charge in [0.15, 0.2) is 0 Å². The molecule has 0 bridgehead atoms. The highest BCUT2D eigenvalue weighted by Gasteiger charge is 1.94. The first-order valence-corrected chi connectivity index (χ1v) is 8.60. The quantitative estimate of drug-likeness (QED) is 0.302. The molecule has 114 valence electrons. The van der Waals surface area contributed by atoms with Crippen LogP contribution in [0.4, 0.5) is 0 Å². The van der Waals surface area contributed by atoms with Gasteiger partial charge in [0.25, 0.3) is 0 Å². The predicted octanol–water partition coefficient (Wildman–Crippen LogP) is 6.01. The van der Waals surface area contributed by atoms with Crippen molar-refractivity contribution in [2.24, 2.45) is 0 Å². The number of aliphatic hydroxyl groups is 1. The monoisotopic (exact) mass is 268 g/mol. The molecule has 1 heteroatoms. The third-order valence-electron chi connectivity index (χ3n) is 3.63. The highest BCUT2D eigenvalue weighted by Crippen LogP contribution is 2.09. The number of unbranched alkanes of at least 4 members (excludes halogenated alkanes) is 10. The summed E-state index contributed by atoms with van der Waals surface area (Å²) < 4.78 is 0. The molecule has 0 radical (unpaired) electrons. The van der Waals surface area contributed by atoms with Crippen LogP contribution >= 0.6 is 0 Å². The smallest absolute Gasteiger partial charge is 0.0512 e. The van der Waals surface area contributed by atoms with E-state index in [1.807, 2.05) is 6.92 Å². The second kappa shape index (κ2) is 15.8.